The number of carbonyl (C=O) groups excluding carboxylic acids is 1. The number of nitrogens with zero attached hydrogens (tertiary/aromatic N) is 4. The van der Waals surface area contributed by atoms with Crippen LogP contribution in [0.15, 0.2) is 41.2 Å². The van der Waals surface area contributed by atoms with Gasteiger partial charge in [-0.1, -0.05) is 0 Å². The lowest BCUT2D eigenvalue weighted by Crippen LogP contribution is -2.52. The Labute approximate surface area is 167 Å². The molecule has 2 aliphatic rings. The number of likely N-dealkylation sites (tertiary alicyclic amines) is 1. The van der Waals surface area contributed by atoms with E-state index in [1.54, 1.807) is 31.4 Å². The molecule has 29 heavy (non-hydrogen) atoms. The molecule has 1 atom stereocenters. The summed E-state index contributed by atoms with van der Waals surface area (Å²) in [6.45, 7) is 1.35. The third kappa shape index (κ3) is 3.75. The van der Waals surface area contributed by atoms with E-state index in [0.717, 1.165) is 16.6 Å². The molecule has 0 bridgehead atoms. The highest BCUT2D eigenvalue weighted by atomic mass is 19.1. The number of amides is 2. The molecule has 1 saturated heterocycles. The summed E-state index contributed by atoms with van der Waals surface area (Å²) in [6, 6.07) is 3.71. The van der Waals surface area contributed by atoms with E-state index in [4.69, 9.17) is 5.73 Å². The van der Waals surface area contributed by atoms with Gasteiger partial charge >= 0.3 is 6.03 Å². The van der Waals surface area contributed by atoms with Crippen molar-refractivity contribution in [3.05, 3.63) is 41.7 Å². The van der Waals surface area contributed by atoms with Gasteiger partial charge in [-0.15, -0.1) is 0 Å². The van der Waals surface area contributed by atoms with Crippen LogP contribution in [0.25, 0.3) is 11.0 Å². The molecule has 0 radical (unpaired) electrons. The molecule has 2 aromatic rings. The first-order chi connectivity index (χ1) is 13.9. The maximum Gasteiger partial charge on any atom is 0.319 e. The molecular weight excluding hydrogens is 375 g/mol. The monoisotopic (exact) mass is 400 g/mol. The average molecular weight is 400 g/mol. The number of hydrogen-bond acceptors (Lipinski definition) is 6. The standard InChI is InChI=1S/C19H25FN8O/c1-27(2)18(29)28-7-5-19(21,11-28)10-25-17-14(20)9-24-16(26-17)13-8-23-15-12(13)4-3-6-22-15/h3-4,6,8,25H,5,7,9-11,21H2,1-2H3,(H,22,23)(H,24,26). The van der Waals surface area contributed by atoms with Gasteiger partial charge < -0.3 is 31.2 Å². The van der Waals surface area contributed by atoms with Gasteiger partial charge in [0.2, 0.25) is 0 Å². The zero-order valence-corrected chi connectivity index (χ0v) is 16.5. The van der Waals surface area contributed by atoms with Gasteiger partial charge in [-0.25, -0.2) is 19.2 Å². The second-order valence-corrected chi connectivity index (χ2v) is 7.73. The molecule has 2 aromatic heterocycles. The van der Waals surface area contributed by atoms with E-state index in [9.17, 15) is 9.18 Å². The summed E-state index contributed by atoms with van der Waals surface area (Å²) in [4.78, 5) is 27.2. The molecule has 2 aliphatic heterocycles. The number of halogens is 1. The van der Waals surface area contributed by atoms with Gasteiger partial charge in [-0.3, -0.25) is 0 Å². The third-order valence-electron chi connectivity index (χ3n) is 5.24. The van der Waals surface area contributed by atoms with E-state index in [1.165, 1.54) is 4.90 Å². The minimum absolute atomic E-state index is 0.0386. The molecular formula is C19H25FN8O. The van der Waals surface area contributed by atoms with E-state index >= 15 is 0 Å². The fourth-order valence-corrected chi connectivity index (χ4v) is 3.65. The van der Waals surface area contributed by atoms with Gasteiger partial charge in [0.25, 0.3) is 0 Å². The Morgan fingerprint density at radius 3 is 3.10 bits per heavy atom. The number of nitrogens with one attached hydrogen (secondary N) is 3. The van der Waals surface area contributed by atoms with E-state index in [1.807, 2.05) is 12.1 Å². The van der Waals surface area contributed by atoms with E-state index in [0.29, 0.717) is 31.9 Å². The average Bonchev–Trinajstić information content (AvgIpc) is 3.31. The number of hydrogen-bond donors (Lipinski definition) is 4. The molecule has 4 rings (SSSR count). The molecule has 0 saturated carbocycles. The molecule has 0 aliphatic carbocycles. The topological polar surface area (TPSA) is 115 Å². The molecule has 4 heterocycles. The second-order valence-electron chi connectivity index (χ2n) is 7.73. The fraction of sp³-hybridized carbons (Fsp3) is 0.421. The molecule has 1 unspecified atom stereocenters. The quantitative estimate of drug-likeness (QED) is 0.604. The fourth-order valence-electron chi connectivity index (χ4n) is 3.65. The normalized spacial score (nSPS) is 21.9. The predicted molar refractivity (Wildman–Crippen MR) is 109 cm³/mol. The van der Waals surface area contributed by atoms with Crippen molar-refractivity contribution in [2.75, 3.05) is 40.3 Å². The first-order valence-corrected chi connectivity index (χ1v) is 9.49. The first-order valence-electron chi connectivity index (χ1n) is 9.49. The summed E-state index contributed by atoms with van der Waals surface area (Å²) in [7, 11) is 3.42. The molecule has 1 fully saturated rings. The molecule has 154 valence electrons. The lowest BCUT2D eigenvalue weighted by molar-refractivity contribution is 0.179. The van der Waals surface area contributed by atoms with Crippen LogP contribution in [0.3, 0.4) is 0 Å². The number of urea groups is 1. The van der Waals surface area contributed by atoms with Crippen LogP contribution in [-0.2, 0) is 0 Å². The van der Waals surface area contributed by atoms with Gasteiger partial charge in [-0.05, 0) is 18.6 Å². The van der Waals surface area contributed by atoms with Crippen molar-refractivity contribution in [2.45, 2.75) is 12.0 Å². The lowest BCUT2D eigenvalue weighted by Gasteiger charge is -2.27. The number of amidine groups is 1. The maximum atomic E-state index is 14.4. The van der Waals surface area contributed by atoms with Gasteiger partial charge in [0.1, 0.15) is 11.5 Å². The van der Waals surface area contributed by atoms with Gasteiger partial charge in [0, 0.05) is 57.1 Å². The second kappa shape index (κ2) is 7.36. The number of aromatic nitrogens is 2. The summed E-state index contributed by atoms with van der Waals surface area (Å²) in [5.74, 6) is 0.351. The number of pyridine rings is 1. The molecule has 0 aromatic carbocycles. The minimum Gasteiger partial charge on any atom is -0.366 e. The van der Waals surface area contributed by atoms with Crippen LogP contribution < -0.4 is 16.4 Å². The van der Waals surface area contributed by atoms with Crippen LogP contribution >= 0.6 is 0 Å². The highest BCUT2D eigenvalue weighted by Crippen LogP contribution is 2.22. The lowest BCUT2D eigenvalue weighted by atomic mass is 10.0. The summed E-state index contributed by atoms with van der Waals surface area (Å²) < 4.78 is 14.4. The van der Waals surface area contributed by atoms with E-state index in [-0.39, 0.29) is 24.2 Å². The summed E-state index contributed by atoms with van der Waals surface area (Å²) >= 11 is 0. The van der Waals surface area contributed by atoms with Crippen LogP contribution in [0.4, 0.5) is 9.18 Å². The minimum atomic E-state index is -0.635. The largest absolute Gasteiger partial charge is 0.366 e. The molecule has 10 heteroatoms. The maximum absolute atomic E-state index is 14.4. The van der Waals surface area contributed by atoms with Crippen molar-refractivity contribution < 1.29 is 9.18 Å². The van der Waals surface area contributed by atoms with E-state index < -0.39 is 5.54 Å². The number of H-pyrrole nitrogens is 1. The number of rotatable bonds is 4. The van der Waals surface area contributed by atoms with Gasteiger partial charge in [0.15, 0.2) is 11.6 Å². The van der Waals surface area contributed by atoms with Crippen LogP contribution in [0, 0.1) is 0 Å². The highest BCUT2D eigenvalue weighted by molar-refractivity contribution is 6.09. The summed E-state index contributed by atoms with van der Waals surface area (Å²) in [6.07, 6.45) is 4.14. The Morgan fingerprint density at radius 2 is 2.31 bits per heavy atom. The predicted octanol–water partition coefficient (Wildman–Crippen LogP) is 0.726. The number of nitrogens with two attached hydrogens (primary N) is 1. The molecule has 5 N–H and O–H groups in total. The van der Waals surface area contributed by atoms with Crippen LogP contribution in [0.1, 0.15) is 12.0 Å². The van der Waals surface area contributed by atoms with Crippen LogP contribution in [-0.4, -0.2) is 77.4 Å². The Bertz CT molecular complexity index is 997. The van der Waals surface area contributed by atoms with Crippen LogP contribution in [0.5, 0.6) is 0 Å². The zero-order valence-electron chi connectivity index (χ0n) is 16.5. The number of aliphatic imine (C=N–C) groups is 1. The molecule has 0 spiro atoms. The number of aromatic amines is 1. The SMILES string of the molecule is CN(C)C(=O)N1CCC(N)(CNC2=C(F)CNC(c3c[nH]c4ncccc34)=N2)C1. The van der Waals surface area contributed by atoms with Gasteiger partial charge in [-0.2, -0.15) is 0 Å². The Hall–Kier alpha value is -3.14. The summed E-state index contributed by atoms with van der Waals surface area (Å²) in [5.41, 5.74) is 7.39. The van der Waals surface area contributed by atoms with Crippen molar-refractivity contribution in [3.8, 4) is 0 Å². The first kappa shape index (κ1) is 19.2. The highest BCUT2D eigenvalue weighted by Gasteiger charge is 2.37. The van der Waals surface area contributed by atoms with Crippen molar-refractivity contribution in [2.24, 2.45) is 10.7 Å². The third-order valence-corrected chi connectivity index (χ3v) is 5.24. The van der Waals surface area contributed by atoms with Crippen molar-refractivity contribution >= 4 is 22.9 Å². The Kier molecular flexibility index (Phi) is 4.87. The van der Waals surface area contributed by atoms with Gasteiger partial charge in [0.05, 0.1) is 12.1 Å². The number of carbonyl (C=O) groups is 1. The van der Waals surface area contributed by atoms with Crippen LogP contribution in [0.2, 0.25) is 0 Å². The Morgan fingerprint density at radius 1 is 1.48 bits per heavy atom. The van der Waals surface area contributed by atoms with Crippen molar-refractivity contribution in [3.63, 3.8) is 0 Å². The van der Waals surface area contributed by atoms with Crippen molar-refractivity contribution in [1.82, 2.24) is 30.4 Å². The zero-order chi connectivity index (χ0) is 20.6. The molecule has 2 amide bonds. The summed E-state index contributed by atoms with van der Waals surface area (Å²) in [5, 5.41) is 6.97. The number of fused-ring (bicyclic) bond motifs is 1. The Balaban J connectivity index is 1.48. The van der Waals surface area contributed by atoms with Crippen molar-refractivity contribution in [1.29, 1.82) is 0 Å². The molecule has 9 nitrogen and oxygen atoms in total. The smallest absolute Gasteiger partial charge is 0.319 e. The van der Waals surface area contributed by atoms with E-state index in [2.05, 4.69) is 25.6 Å².